The molecule has 2 fully saturated rings. The predicted molar refractivity (Wildman–Crippen MR) is 51.1 cm³/mol. The van der Waals surface area contributed by atoms with E-state index in [2.05, 4.69) is 15.5 Å². The number of hydrogen-bond acceptors (Lipinski definition) is 4. The zero-order valence-electron chi connectivity index (χ0n) is 8.20. The first kappa shape index (κ1) is 8.41. The highest BCUT2D eigenvalue weighted by Gasteiger charge is 2.28. The quantitative estimate of drug-likeness (QED) is 0.771. The number of aromatic nitrogens is 2. The highest BCUT2D eigenvalue weighted by atomic mass is 16.5. The zero-order valence-corrected chi connectivity index (χ0v) is 8.20. The maximum absolute atomic E-state index is 5.29. The van der Waals surface area contributed by atoms with Gasteiger partial charge in [-0.15, -0.1) is 0 Å². The van der Waals surface area contributed by atoms with Crippen LogP contribution in [0, 0.1) is 0 Å². The van der Waals surface area contributed by atoms with Gasteiger partial charge in [0.15, 0.2) is 5.82 Å². The molecule has 14 heavy (non-hydrogen) atoms. The standard InChI is InChI=1S/C10H15N3O/c1-2-7(3-1)10-12-9(13-14-10)8-4-5-11-6-8/h7-8,11H,1-6H2/t8-/m1/s1. The average Bonchev–Trinajstić information content (AvgIpc) is 2.65. The van der Waals surface area contributed by atoms with E-state index in [4.69, 9.17) is 4.52 Å². The van der Waals surface area contributed by atoms with E-state index < -0.39 is 0 Å². The van der Waals surface area contributed by atoms with E-state index in [1.807, 2.05) is 0 Å². The van der Waals surface area contributed by atoms with Gasteiger partial charge in [-0.25, -0.2) is 0 Å². The Labute approximate surface area is 83.1 Å². The Morgan fingerprint density at radius 2 is 2.14 bits per heavy atom. The van der Waals surface area contributed by atoms with Crippen LogP contribution in [0.15, 0.2) is 4.52 Å². The highest BCUT2D eigenvalue weighted by Crippen LogP contribution is 2.35. The molecular formula is C10H15N3O. The van der Waals surface area contributed by atoms with Crippen molar-refractivity contribution in [3.63, 3.8) is 0 Å². The summed E-state index contributed by atoms with van der Waals surface area (Å²) >= 11 is 0. The molecule has 1 N–H and O–H groups in total. The van der Waals surface area contributed by atoms with Gasteiger partial charge < -0.3 is 9.84 Å². The van der Waals surface area contributed by atoms with Gasteiger partial charge in [0.25, 0.3) is 0 Å². The van der Waals surface area contributed by atoms with Crippen molar-refractivity contribution in [2.75, 3.05) is 13.1 Å². The first-order valence-electron chi connectivity index (χ1n) is 5.47. The summed E-state index contributed by atoms with van der Waals surface area (Å²) in [5, 5.41) is 7.39. The lowest BCUT2D eigenvalue weighted by Crippen LogP contribution is -2.10. The van der Waals surface area contributed by atoms with Crippen molar-refractivity contribution in [3.05, 3.63) is 11.7 Å². The minimum absolute atomic E-state index is 0.479. The van der Waals surface area contributed by atoms with Crippen LogP contribution >= 0.6 is 0 Å². The zero-order chi connectivity index (χ0) is 9.38. The fourth-order valence-corrected chi connectivity index (χ4v) is 2.11. The number of hydrogen-bond donors (Lipinski definition) is 1. The summed E-state index contributed by atoms with van der Waals surface area (Å²) in [6.07, 6.45) is 4.91. The van der Waals surface area contributed by atoms with E-state index in [0.29, 0.717) is 11.8 Å². The van der Waals surface area contributed by atoms with Crippen molar-refractivity contribution in [1.29, 1.82) is 0 Å². The Balaban J connectivity index is 1.75. The lowest BCUT2D eigenvalue weighted by Gasteiger charge is -2.20. The van der Waals surface area contributed by atoms with Crippen molar-refractivity contribution in [2.24, 2.45) is 0 Å². The number of nitrogens with zero attached hydrogens (tertiary/aromatic N) is 2. The molecule has 0 amide bonds. The molecule has 0 unspecified atom stereocenters. The molecule has 76 valence electrons. The largest absolute Gasteiger partial charge is 0.339 e. The molecule has 4 heteroatoms. The Kier molecular flexibility index (Phi) is 2.01. The summed E-state index contributed by atoms with van der Waals surface area (Å²) in [6.45, 7) is 2.08. The summed E-state index contributed by atoms with van der Waals surface area (Å²) in [4.78, 5) is 4.50. The molecule has 3 rings (SSSR count). The Hall–Kier alpha value is -0.900. The lowest BCUT2D eigenvalue weighted by atomic mass is 9.85. The third-order valence-electron chi connectivity index (χ3n) is 3.34. The lowest BCUT2D eigenvalue weighted by molar-refractivity contribution is 0.290. The van der Waals surface area contributed by atoms with Crippen molar-refractivity contribution in [1.82, 2.24) is 15.5 Å². The predicted octanol–water partition coefficient (Wildman–Crippen LogP) is 1.41. The van der Waals surface area contributed by atoms with E-state index in [1.165, 1.54) is 19.3 Å². The molecule has 4 nitrogen and oxygen atoms in total. The second kappa shape index (κ2) is 3.35. The van der Waals surface area contributed by atoms with Crippen LogP contribution in [0.2, 0.25) is 0 Å². The molecule has 0 bridgehead atoms. The van der Waals surface area contributed by atoms with Gasteiger partial charge in [-0.2, -0.15) is 4.98 Å². The van der Waals surface area contributed by atoms with Crippen LogP contribution in [0.5, 0.6) is 0 Å². The first-order valence-corrected chi connectivity index (χ1v) is 5.47. The maximum Gasteiger partial charge on any atom is 0.229 e. The van der Waals surface area contributed by atoms with Crippen LogP contribution in [0.4, 0.5) is 0 Å². The minimum Gasteiger partial charge on any atom is -0.339 e. The van der Waals surface area contributed by atoms with Crippen molar-refractivity contribution >= 4 is 0 Å². The molecule has 1 aliphatic heterocycles. The van der Waals surface area contributed by atoms with E-state index in [-0.39, 0.29) is 0 Å². The SMILES string of the molecule is C1CC(c2nc([C@@H]3CCNC3)no2)C1. The third kappa shape index (κ3) is 1.34. The summed E-state index contributed by atoms with van der Waals surface area (Å²) in [7, 11) is 0. The van der Waals surface area contributed by atoms with Crippen molar-refractivity contribution in [2.45, 2.75) is 37.5 Å². The Bertz CT molecular complexity index is 313. The smallest absolute Gasteiger partial charge is 0.229 e. The molecule has 1 aromatic rings. The van der Waals surface area contributed by atoms with Gasteiger partial charge in [0, 0.05) is 18.4 Å². The first-order chi connectivity index (χ1) is 6.93. The molecule has 0 radical (unpaired) electrons. The fourth-order valence-electron chi connectivity index (χ4n) is 2.11. The highest BCUT2D eigenvalue weighted by molar-refractivity contribution is 5.03. The summed E-state index contributed by atoms with van der Waals surface area (Å²) in [5.41, 5.74) is 0. The van der Waals surface area contributed by atoms with E-state index in [9.17, 15) is 0 Å². The molecule has 0 spiro atoms. The monoisotopic (exact) mass is 193 g/mol. The molecular weight excluding hydrogens is 178 g/mol. The van der Waals surface area contributed by atoms with Gasteiger partial charge >= 0.3 is 0 Å². The van der Waals surface area contributed by atoms with Crippen LogP contribution < -0.4 is 5.32 Å². The van der Waals surface area contributed by atoms with Crippen LogP contribution in [0.3, 0.4) is 0 Å². The number of nitrogens with one attached hydrogen (secondary N) is 1. The van der Waals surface area contributed by atoms with Gasteiger partial charge in [0.1, 0.15) is 0 Å². The van der Waals surface area contributed by atoms with Gasteiger partial charge in [-0.3, -0.25) is 0 Å². The maximum atomic E-state index is 5.29. The van der Waals surface area contributed by atoms with Gasteiger partial charge in [0.05, 0.1) is 0 Å². The van der Waals surface area contributed by atoms with Gasteiger partial charge in [-0.1, -0.05) is 11.6 Å². The second-order valence-corrected chi connectivity index (χ2v) is 4.31. The van der Waals surface area contributed by atoms with Gasteiger partial charge in [0.2, 0.25) is 5.89 Å². The van der Waals surface area contributed by atoms with Crippen LogP contribution in [-0.2, 0) is 0 Å². The minimum atomic E-state index is 0.479. The molecule has 1 atom stereocenters. The molecule has 2 aliphatic rings. The van der Waals surface area contributed by atoms with E-state index in [1.54, 1.807) is 0 Å². The topological polar surface area (TPSA) is 51.0 Å². The number of rotatable bonds is 2. The Morgan fingerprint density at radius 1 is 1.21 bits per heavy atom. The average molecular weight is 193 g/mol. The summed E-state index contributed by atoms with van der Waals surface area (Å²) in [5.74, 6) is 2.83. The van der Waals surface area contributed by atoms with E-state index >= 15 is 0 Å². The molecule has 1 aromatic heterocycles. The summed E-state index contributed by atoms with van der Waals surface area (Å²) < 4.78 is 5.29. The normalized spacial score (nSPS) is 27.9. The fraction of sp³-hybridized carbons (Fsp3) is 0.800. The second-order valence-electron chi connectivity index (χ2n) is 4.31. The van der Waals surface area contributed by atoms with E-state index in [0.717, 1.165) is 31.2 Å². The van der Waals surface area contributed by atoms with Crippen molar-refractivity contribution in [3.8, 4) is 0 Å². The van der Waals surface area contributed by atoms with Crippen molar-refractivity contribution < 1.29 is 4.52 Å². The van der Waals surface area contributed by atoms with Gasteiger partial charge in [-0.05, 0) is 25.8 Å². The molecule has 0 aromatic carbocycles. The Morgan fingerprint density at radius 3 is 2.79 bits per heavy atom. The molecule has 1 saturated carbocycles. The third-order valence-corrected chi connectivity index (χ3v) is 3.34. The molecule has 1 aliphatic carbocycles. The molecule has 1 saturated heterocycles. The molecule has 2 heterocycles. The van der Waals surface area contributed by atoms with Crippen LogP contribution in [-0.4, -0.2) is 23.2 Å². The van der Waals surface area contributed by atoms with Crippen LogP contribution in [0.25, 0.3) is 0 Å². The summed E-state index contributed by atoms with van der Waals surface area (Å²) in [6, 6.07) is 0. The van der Waals surface area contributed by atoms with Crippen LogP contribution in [0.1, 0.15) is 49.2 Å².